The zero-order valence-electron chi connectivity index (χ0n) is 12.4. The largest absolute Gasteiger partial charge is 0.312 e. The SMILES string of the molecule is CN1C(NNC(=O)c2ccc(Cl)nc2)=NS(=O)(=O)c2ccccc21. The number of sulfonamides is 1. The van der Waals surface area contributed by atoms with Gasteiger partial charge in [0.2, 0.25) is 5.96 Å². The number of fused-ring (bicyclic) bond motifs is 1. The highest BCUT2D eigenvalue weighted by Gasteiger charge is 2.28. The maximum atomic E-state index is 12.2. The smallest absolute Gasteiger partial charge is 0.287 e. The summed E-state index contributed by atoms with van der Waals surface area (Å²) < 4.78 is 28.0. The van der Waals surface area contributed by atoms with Gasteiger partial charge in [-0.3, -0.25) is 15.6 Å². The predicted octanol–water partition coefficient (Wildman–Crippen LogP) is 1.16. The van der Waals surface area contributed by atoms with Gasteiger partial charge in [0.25, 0.3) is 15.9 Å². The molecule has 0 spiro atoms. The van der Waals surface area contributed by atoms with Crippen molar-refractivity contribution in [2.75, 3.05) is 11.9 Å². The summed E-state index contributed by atoms with van der Waals surface area (Å²) in [4.78, 5) is 17.5. The van der Waals surface area contributed by atoms with Crippen molar-refractivity contribution >= 4 is 39.2 Å². The van der Waals surface area contributed by atoms with Gasteiger partial charge >= 0.3 is 0 Å². The summed E-state index contributed by atoms with van der Waals surface area (Å²) in [5, 5.41) is 0.263. The number of carbonyl (C=O) groups is 1. The van der Waals surface area contributed by atoms with E-state index < -0.39 is 15.9 Å². The van der Waals surface area contributed by atoms with Crippen molar-refractivity contribution in [3.8, 4) is 0 Å². The van der Waals surface area contributed by atoms with Crippen LogP contribution in [0.4, 0.5) is 5.69 Å². The number of rotatable bonds is 1. The number of nitrogens with zero attached hydrogens (tertiary/aromatic N) is 3. The summed E-state index contributed by atoms with van der Waals surface area (Å²) in [6.45, 7) is 0. The van der Waals surface area contributed by atoms with Crippen molar-refractivity contribution in [1.29, 1.82) is 0 Å². The van der Waals surface area contributed by atoms with Crippen molar-refractivity contribution < 1.29 is 13.2 Å². The molecule has 0 aliphatic carbocycles. The van der Waals surface area contributed by atoms with Crippen LogP contribution in [0.25, 0.3) is 0 Å². The number of pyridine rings is 1. The third-order valence-corrected chi connectivity index (χ3v) is 4.84. The van der Waals surface area contributed by atoms with Crippen molar-refractivity contribution in [3.63, 3.8) is 0 Å². The molecule has 1 aliphatic heterocycles. The predicted molar refractivity (Wildman–Crippen MR) is 89.3 cm³/mol. The number of amides is 1. The Balaban J connectivity index is 1.80. The van der Waals surface area contributed by atoms with Gasteiger partial charge in [-0.1, -0.05) is 23.7 Å². The van der Waals surface area contributed by atoms with Crippen molar-refractivity contribution in [1.82, 2.24) is 15.8 Å². The third kappa shape index (κ3) is 3.03. The molecule has 0 radical (unpaired) electrons. The van der Waals surface area contributed by atoms with E-state index in [1.807, 2.05) is 0 Å². The average Bonchev–Trinajstić information content (AvgIpc) is 2.57. The zero-order chi connectivity index (χ0) is 17.3. The van der Waals surface area contributed by atoms with Gasteiger partial charge < -0.3 is 4.90 Å². The number of benzene rings is 1. The van der Waals surface area contributed by atoms with E-state index in [9.17, 15) is 13.2 Å². The third-order valence-electron chi connectivity index (χ3n) is 3.31. The van der Waals surface area contributed by atoms with E-state index >= 15 is 0 Å². The normalized spacial score (nSPS) is 15.2. The Morgan fingerprint density at radius 3 is 2.67 bits per heavy atom. The van der Waals surface area contributed by atoms with Crippen LogP contribution >= 0.6 is 11.6 Å². The number of anilines is 1. The van der Waals surface area contributed by atoms with Gasteiger partial charge in [-0.25, -0.2) is 4.98 Å². The van der Waals surface area contributed by atoms with Gasteiger partial charge in [0.05, 0.1) is 11.3 Å². The number of nitrogens with one attached hydrogen (secondary N) is 2. The Bertz CT molecular complexity index is 928. The fraction of sp³-hybridized carbons (Fsp3) is 0.0714. The molecular weight excluding hydrogens is 354 g/mol. The van der Waals surface area contributed by atoms with E-state index in [0.29, 0.717) is 5.69 Å². The van der Waals surface area contributed by atoms with Crippen LogP contribution in [-0.4, -0.2) is 32.3 Å². The first-order valence-electron chi connectivity index (χ1n) is 6.74. The number of para-hydroxylation sites is 1. The van der Waals surface area contributed by atoms with Gasteiger partial charge in [-0.05, 0) is 24.3 Å². The highest BCUT2D eigenvalue weighted by Crippen LogP contribution is 2.29. The lowest BCUT2D eigenvalue weighted by atomic mass is 10.3. The lowest BCUT2D eigenvalue weighted by molar-refractivity contribution is 0.0943. The highest BCUT2D eigenvalue weighted by molar-refractivity contribution is 7.90. The van der Waals surface area contributed by atoms with Gasteiger partial charge in [0.15, 0.2) is 0 Å². The van der Waals surface area contributed by atoms with Crippen LogP contribution in [0.5, 0.6) is 0 Å². The van der Waals surface area contributed by atoms with Crippen molar-refractivity contribution in [2.24, 2.45) is 4.40 Å². The van der Waals surface area contributed by atoms with E-state index in [-0.39, 0.29) is 21.6 Å². The second kappa shape index (κ2) is 6.10. The van der Waals surface area contributed by atoms with Crippen LogP contribution in [0.3, 0.4) is 0 Å². The molecular formula is C14H12ClN5O3S. The molecule has 124 valence electrons. The molecule has 0 saturated carbocycles. The molecule has 24 heavy (non-hydrogen) atoms. The monoisotopic (exact) mass is 365 g/mol. The molecule has 10 heteroatoms. The number of guanidine groups is 1. The molecule has 8 nitrogen and oxygen atoms in total. The number of hydrazine groups is 1. The minimum Gasteiger partial charge on any atom is -0.312 e. The van der Waals surface area contributed by atoms with Crippen LogP contribution < -0.4 is 15.8 Å². The molecule has 1 aromatic carbocycles. The molecule has 0 bridgehead atoms. The molecule has 2 heterocycles. The summed E-state index contributed by atoms with van der Waals surface area (Å²) in [6, 6.07) is 9.42. The molecule has 1 aromatic heterocycles. The first kappa shape index (κ1) is 16.2. The number of hydrogen-bond acceptors (Lipinski definition) is 6. The Kier molecular flexibility index (Phi) is 4.12. The summed E-state index contributed by atoms with van der Waals surface area (Å²) in [7, 11) is -2.21. The average molecular weight is 366 g/mol. The van der Waals surface area contributed by atoms with Crippen molar-refractivity contribution in [2.45, 2.75) is 4.90 Å². The molecule has 1 amide bonds. The maximum Gasteiger partial charge on any atom is 0.287 e. The lowest BCUT2D eigenvalue weighted by Crippen LogP contribution is -2.50. The van der Waals surface area contributed by atoms with E-state index in [1.165, 1.54) is 29.3 Å². The van der Waals surface area contributed by atoms with Crippen molar-refractivity contribution in [3.05, 3.63) is 53.3 Å². The zero-order valence-corrected chi connectivity index (χ0v) is 14.0. The van der Waals surface area contributed by atoms with E-state index in [4.69, 9.17) is 11.6 Å². The number of halogens is 1. The topological polar surface area (TPSA) is 104 Å². The van der Waals surface area contributed by atoms with Crippen LogP contribution in [0.1, 0.15) is 10.4 Å². The van der Waals surface area contributed by atoms with Gasteiger partial charge in [0.1, 0.15) is 10.0 Å². The molecule has 2 N–H and O–H groups in total. The molecule has 0 atom stereocenters. The number of carbonyl (C=O) groups excluding carboxylic acids is 1. The molecule has 0 fully saturated rings. The fourth-order valence-electron chi connectivity index (χ4n) is 2.09. The summed E-state index contributed by atoms with van der Waals surface area (Å²) in [6.07, 6.45) is 1.30. The van der Waals surface area contributed by atoms with E-state index in [0.717, 1.165) is 0 Å². The first-order valence-corrected chi connectivity index (χ1v) is 8.56. The van der Waals surface area contributed by atoms with Crippen LogP contribution in [0.15, 0.2) is 51.9 Å². The molecule has 2 aromatic rings. The fourth-order valence-corrected chi connectivity index (χ4v) is 3.42. The van der Waals surface area contributed by atoms with Gasteiger partial charge in [-0.2, -0.15) is 8.42 Å². The van der Waals surface area contributed by atoms with E-state index in [1.54, 1.807) is 25.2 Å². The minimum absolute atomic E-state index is 0.0241. The highest BCUT2D eigenvalue weighted by atomic mass is 35.5. The Morgan fingerprint density at radius 2 is 1.96 bits per heavy atom. The van der Waals surface area contributed by atoms with Gasteiger partial charge in [0, 0.05) is 13.2 Å². The quantitative estimate of drug-likeness (QED) is 0.580. The van der Waals surface area contributed by atoms with E-state index in [2.05, 4.69) is 20.2 Å². The minimum atomic E-state index is -3.84. The lowest BCUT2D eigenvalue weighted by Gasteiger charge is -2.27. The summed E-state index contributed by atoms with van der Waals surface area (Å²) in [5.74, 6) is -0.532. The number of hydrogen-bond donors (Lipinski definition) is 2. The molecule has 0 unspecified atom stereocenters. The van der Waals surface area contributed by atoms with Crippen LogP contribution in [0, 0.1) is 0 Å². The Labute approximate surface area is 143 Å². The Morgan fingerprint density at radius 1 is 1.21 bits per heavy atom. The van der Waals surface area contributed by atoms with Crippen LogP contribution in [-0.2, 0) is 10.0 Å². The Hall–Kier alpha value is -2.65. The van der Waals surface area contributed by atoms with Gasteiger partial charge in [-0.15, -0.1) is 4.40 Å². The van der Waals surface area contributed by atoms with Crippen LogP contribution in [0.2, 0.25) is 5.15 Å². The second-order valence-corrected chi connectivity index (χ2v) is 6.83. The molecule has 0 saturated heterocycles. The molecule has 1 aliphatic rings. The first-order chi connectivity index (χ1) is 11.4. The maximum absolute atomic E-state index is 12.2. The second-order valence-electron chi connectivity index (χ2n) is 4.87. The molecule has 3 rings (SSSR count). The summed E-state index contributed by atoms with van der Waals surface area (Å²) in [5.41, 5.74) is 5.61. The summed E-state index contributed by atoms with van der Waals surface area (Å²) >= 11 is 5.66. The number of aromatic nitrogens is 1. The standard InChI is InChI=1S/C14H12ClN5O3S/c1-20-10-4-2-3-5-11(10)24(22,23)19-14(20)18-17-13(21)9-6-7-12(15)16-8-9/h2-8H,1H3,(H,17,21)(H,18,19).